The quantitative estimate of drug-likeness (QED) is 0.174. The lowest BCUT2D eigenvalue weighted by molar-refractivity contribution is -0.122. The number of ether oxygens (including phenoxy) is 1. The average Bonchev–Trinajstić information content (AvgIpc) is 3.08. The second-order valence-corrected chi connectivity index (χ2v) is 10.6. The van der Waals surface area contributed by atoms with Crippen LogP contribution < -0.4 is 10.3 Å². The number of carbonyl (C=O) groups excluding carboxylic acids is 1. The summed E-state index contributed by atoms with van der Waals surface area (Å²) in [4.78, 5) is 33.2. The molecule has 0 spiro atoms. The van der Waals surface area contributed by atoms with Crippen LogP contribution in [0.1, 0.15) is 43.7 Å². The van der Waals surface area contributed by atoms with Gasteiger partial charge in [-0.3, -0.25) is 18.9 Å². The smallest absolute Gasteiger partial charge is 0.269 e. The molecule has 10 heteroatoms. The van der Waals surface area contributed by atoms with E-state index in [1.807, 2.05) is 13.0 Å². The molecule has 1 saturated heterocycles. The van der Waals surface area contributed by atoms with Crippen molar-refractivity contribution in [2.75, 3.05) is 6.54 Å². The molecule has 1 amide bonds. The van der Waals surface area contributed by atoms with E-state index in [2.05, 4.69) is 11.9 Å². The molecule has 0 saturated carbocycles. The van der Waals surface area contributed by atoms with Gasteiger partial charge in [-0.25, -0.2) is 0 Å². The number of carbonyl (C=O) groups is 1. The second-order valence-electron chi connectivity index (χ2n) is 8.09. The summed E-state index contributed by atoms with van der Waals surface area (Å²) in [5.74, 6) is 0.112. The van der Waals surface area contributed by atoms with Crippen molar-refractivity contribution in [2.45, 2.75) is 39.5 Å². The van der Waals surface area contributed by atoms with Crippen LogP contribution in [0.25, 0.3) is 11.7 Å². The maximum absolute atomic E-state index is 13.5. The summed E-state index contributed by atoms with van der Waals surface area (Å²) in [6.07, 6.45) is 7.26. The van der Waals surface area contributed by atoms with Crippen molar-refractivity contribution in [3.05, 3.63) is 73.0 Å². The SMILES string of the molecule is CCCCCCN1C(=O)/C(=C\c2c(Oc3ccc(Cl)cc3Cl)nc3c(C)cccn3c2=O)SC1=S. The van der Waals surface area contributed by atoms with Gasteiger partial charge in [0.15, 0.2) is 0 Å². The Balaban J connectivity index is 1.77. The number of hydrogen-bond donors (Lipinski definition) is 0. The van der Waals surface area contributed by atoms with Gasteiger partial charge in [0.1, 0.15) is 21.3 Å². The summed E-state index contributed by atoms with van der Waals surface area (Å²) >= 11 is 18.9. The molecule has 0 aliphatic carbocycles. The summed E-state index contributed by atoms with van der Waals surface area (Å²) in [5.41, 5.74) is 0.998. The van der Waals surface area contributed by atoms with Gasteiger partial charge >= 0.3 is 0 Å². The second kappa shape index (κ2) is 11.1. The number of fused-ring (bicyclic) bond motifs is 1. The Labute approximate surface area is 222 Å². The summed E-state index contributed by atoms with van der Waals surface area (Å²) in [6.45, 7) is 4.54. The lowest BCUT2D eigenvalue weighted by atomic mass is 10.2. The minimum atomic E-state index is -0.369. The molecular weight excluding hydrogens is 525 g/mol. The minimum Gasteiger partial charge on any atom is -0.437 e. The highest BCUT2D eigenvalue weighted by Crippen LogP contribution is 2.36. The van der Waals surface area contributed by atoms with Gasteiger partial charge in [-0.15, -0.1) is 0 Å². The van der Waals surface area contributed by atoms with Gasteiger partial charge in [0, 0.05) is 17.8 Å². The van der Waals surface area contributed by atoms with E-state index in [1.54, 1.807) is 35.4 Å². The zero-order valence-corrected chi connectivity index (χ0v) is 22.4. The Morgan fingerprint density at radius 1 is 1.17 bits per heavy atom. The van der Waals surface area contributed by atoms with Crippen LogP contribution in [0.2, 0.25) is 10.0 Å². The molecule has 0 unspecified atom stereocenters. The number of halogens is 2. The van der Waals surface area contributed by atoms with Crippen LogP contribution in [-0.2, 0) is 4.79 Å². The Kier molecular flexibility index (Phi) is 8.16. The molecule has 1 aliphatic rings. The van der Waals surface area contributed by atoms with Crippen molar-refractivity contribution in [2.24, 2.45) is 0 Å². The molecule has 3 aromatic rings. The molecule has 3 heterocycles. The number of benzene rings is 1. The number of thiocarbonyl (C=S) groups is 1. The fourth-order valence-electron chi connectivity index (χ4n) is 3.68. The van der Waals surface area contributed by atoms with Gasteiger partial charge in [0.25, 0.3) is 11.5 Å². The highest BCUT2D eigenvalue weighted by molar-refractivity contribution is 8.26. The molecule has 0 N–H and O–H groups in total. The van der Waals surface area contributed by atoms with Crippen molar-refractivity contribution in [3.63, 3.8) is 0 Å². The number of thioether (sulfide) groups is 1. The highest BCUT2D eigenvalue weighted by Gasteiger charge is 2.32. The van der Waals surface area contributed by atoms with E-state index in [1.165, 1.54) is 22.2 Å². The molecular formula is C25H23Cl2N3O3S2. The molecule has 1 aromatic carbocycles. The van der Waals surface area contributed by atoms with E-state index in [0.717, 1.165) is 31.2 Å². The van der Waals surface area contributed by atoms with E-state index in [0.29, 0.717) is 32.2 Å². The summed E-state index contributed by atoms with van der Waals surface area (Å²) in [5, 5.41) is 0.723. The first-order valence-corrected chi connectivity index (χ1v) is 13.2. The van der Waals surface area contributed by atoms with Gasteiger partial charge < -0.3 is 4.74 Å². The van der Waals surface area contributed by atoms with E-state index in [9.17, 15) is 9.59 Å². The number of hydrogen-bond acceptors (Lipinski definition) is 6. The monoisotopic (exact) mass is 547 g/mol. The Morgan fingerprint density at radius 2 is 1.97 bits per heavy atom. The molecule has 1 aliphatic heterocycles. The van der Waals surface area contributed by atoms with Crippen molar-refractivity contribution < 1.29 is 9.53 Å². The predicted octanol–water partition coefficient (Wildman–Crippen LogP) is 6.88. The van der Waals surface area contributed by atoms with E-state index in [-0.39, 0.29) is 27.9 Å². The van der Waals surface area contributed by atoms with Crippen molar-refractivity contribution in [1.82, 2.24) is 14.3 Å². The zero-order valence-electron chi connectivity index (χ0n) is 19.2. The molecule has 0 radical (unpaired) electrons. The van der Waals surface area contributed by atoms with E-state index in [4.69, 9.17) is 40.2 Å². The molecule has 0 atom stereocenters. The summed E-state index contributed by atoms with van der Waals surface area (Å²) in [7, 11) is 0. The normalized spacial score (nSPS) is 15.0. The summed E-state index contributed by atoms with van der Waals surface area (Å²) in [6, 6.07) is 8.39. The van der Waals surface area contributed by atoms with Crippen molar-refractivity contribution >= 4 is 69.1 Å². The number of nitrogens with zero attached hydrogens (tertiary/aromatic N) is 3. The van der Waals surface area contributed by atoms with E-state index < -0.39 is 0 Å². The lowest BCUT2D eigenvalue weighted by Crippen LogP contribution is -2.29. The van der Waals surface area contributed by atoms with Crippen LogP contribution >= 0.6 is 47.2 Å². The van der Waals surface area contributed by atoms with Crippen LogP contribution in [0, 0.1) is 6.92 Å². The molecule has 2 aromatic heterocycles. The minimum absolute atomic E-state index is 0.0433. The fourth-order valence-corrected chi connectivity index (χ4v) is 5.41. The van der Waals surface area contributed by atoms with E-state index >= 15 is 0 Å². The van der Waals surface area contributed by atoms with Crippen LogP contribution in [0.5, 0.6) is 11.6 Å². The standard InChI is InChI=1S/C25H23Cl2N3O3S2/c1-3-4-5-6-11-30-24(32)20(35-25(30)34)14-17-22(33-19-10-9-16(26)13-18(19)27)28-21-15(2)8-7-12-29(21)23(17)31/h7-10,12-14H,3-6,11H2,1-2H3/b20-14+. The van der Waals surface area contributed by atoms with Gasteiger partial charge in [0.2, 0.25) is 5.88 Å². The zero-order chi connectivity index (χ0) is 25.1. The third-order valence-electron chi connectivity index (χ3n) is 5.53. The Morgan fingerprint density at radius 3 is 2.71 bits per heavy atom. The lowest BCUT2D eigenvalue weighted by Gasteiger charge is -2.14. The largest absolute Gasteiger partial charge is 0.437 e. The summed E-state index contributed by atoms with van der Waals surface area (Å²) < 4.78 is 7.91. The first-order valence-electron chi connectivity index (χ1n) is 11.2. The number of amides is 1. The molecule has 6 nitrogen and oxygen atoms in total. The van der Waals surface area contributed by atoms with Crippen molar-refractivity contribution in [3.8, 4) is 11.6 Å². The third kappa shape index (κ3) is 5.56. The van der Waals surface area contributed by atoms with Crippen LogP contribution in [-0.4, -0.2) is 31.1 Å². The van der Waals surface area contributed by atoms with Crippen LogP contribution in [0.4, 0.5) is 0 Å². The molecule has 1 fully saturated rings. The number of aromatic nitrogens is 2. The highest BCUT2D eigenvalue weighted by atomic mass is 35.5. The first-order chi connectivity index (χ1) is 16.8. The topological polar surface area (TPSA) is 63.9 Å². The number of pyridine rings is 1. The van der Waals surface area contributed by atoms with Crippen molar-refractivity contribution in [1.29, 1.82) is 0 Å². The van der Waals surface area contributed by atoms with Gasteiger partial charge in [-0.2, -0.15) is 4.98 Å². The maximum Gasteiger partial charge on any atom is 0.269 e. The third-order valence-corrected chi connectivity index (χ3v) is 7.44. The van der Waals surface area contributed by atoms with Gasteiger partial charge in [0.05, 0.1) is 9.93 Å². The average molecular weight is 549 g/mol. The first kappa shape index (κ1) is 25.7. The molecule has 182 valence electrons. The maximum atomic E-state index is 13.5. The molecule has 35 heavy (non-hydrogen) atoms. The van der Waals surface area contributed by atoms with Gasteiger partial charge in [-0.05, 0) is 49.2 Å². The number of aryl methyl sites for hydroxylation is 1. The molecule has 0 bridgehead atoms. The number of rotatable bonds is 8. The van der Waals surface area contributed by atoms with Gasteiger partial charge in [-0.1, -0.05) is 79.4 Å². The Bertz CT molecular complexity index is 1400. The molecule has 4 rings (SSSR count). The Hall–Kier alpha value is -2.39. The van der Waals surface area contributed by atoms with Crippen LogP contribution in [0.15, 0.2) is 46.2 Å². The number of unbranched alkanes of at least 4 members (excludes halogenated alkanes) is 3. The van der Waals surface area contributed by atoms with Crippen LogP contribution in [0.3, 0.4) is 0 Å². The fraction of sp³-hybridized carbons (Fsp3) is 0.280. The predicted molar refractivity (Wildman–Crippen MR) is 147 cm³/mol.